The van der Waals surface area contributed by atoms with Gasteiger partial charge in [-0.3, -0.25) is 9.69 Å². The molecule has 1 aliphatic rings. The van der Waals surface area contributed by atoms with Crippen molar-refractivity contribution in [3.05, 3.63) is 30.1 Å². The van der Waals surface area contributed by atoms with Crippen molar-refractivity contribution in [2.24, 2.45) is 0 Å². The summed E-state index contributed by atoms with van der Waals surface area (Å²) in [5.41, 5.74) is 0.862. The van der Waals surface area contributed by atoms with Gasteiger partial charge in [-0.2, -0.15) is 4.98 Å². The maximum atomic E-state index is 12.7. The number of carbonyl (C=O) groups excluding carboxylic acids is 2. The summed E-state index contributed by atoms with van der Waals surface area (Å²) in [6.07, 6.45) is 6.51. The average Bonchev–Trinajstić information content (AvgIpc) is 3.40. The van der Waals surface area contributed by atoms with Crippen molar-refractivity contribution in [3.8, 4) is 17.7 Å². The van der Waals surface area contributed by atoms with Gasteiger partial charge < -0.3 is 25.4 Å². The highest BCUT2D eigenvalue weighted by Gasteiger charge is 2.36. The lowest BCUT2D eigenvalue weighted by Crippen LogP contribution is -2.47. The van der Waals surface area contributed by atoms with E-state index >= 15 is 0 Å². The molecule has 2 amide bonds. The molecule has 210 valence electrons. The number of pyridine rings is 1. The normalized spacial score (nSPS) is 14.7. The smallest absolute Gasteiger partial charge is 0.410 e. The topological polar surface area (TPSA) is 131 Å². The third kappa shape index (κ3) is 9.32. The van der Waals surface area contributed by atoms with Crippen LogP contribution in [0.15, 0.2) is 24.5 Å². The molecule has 2 aromatic rings. The summed E-state index contributed by atoms with van der Waals surface area (Å²) in [6.45, 7) is 9.28. The lowest BCUT2D eigenvalue weighted by molar-refractivity contribution is -0.125. The third-order valence-corrected chi connectivity index (χ3v) is 5.72. The van der Waals surface area contributed by atoms with Crippen LogP contribution < -0.4 is 20.7 Å². The number of carbonyl (C=O) groups is 2. The molecular formula is C28H39N7O4. The highest BCUT2D eigenvalue weighted by molar-refractivity contribution is 5.86. The number of nitrogens with one attached hydrogen (secondary N) is 3. The van der Waals surface area contributed by atoms with Gasteiger partial charge in [0.15, 0.2) is 0 Å². The van der Waals surface area contributed by atoms with Crippen molar-refractivity contribution >= 4 is 29.5 Å². The van der Waals surface area contributed by atoms with Gasteiger partial charge in [-0.15, -0.1) is 0 Å². The number of aromatic nitrogens is 3. The van der Waals surface area contributed by atoms with E-state index in [2.05, 4.69) is 49.7 Å². The minimum Gasteiger partial charge on any atom is -0.481 e. The van der Waals surface area contributed by atoms with E-state index in [1.54, 1.807) is 31.6 Å². The first kappa shape index (κ1) is 29.5. The molecule has 1 saturated heterocycles. The maximum absolute atomic E-state index is 12.7. The summed E-state index contributed by atoms with van der Waals surface area (Å²) in [7, 11) is 1.56. The van der Waals surface area contributed by atoms with Crippen LogP contribution in [0.4, 0.5) is 22.2 Å². The molecule has 0 spiro atoms. The predicted octanol–water partition coefficient (Wildman–Crippen LogP) is 4.09. The van der Waals surface area contributed by atoms with E-state index in [0.29, 0.717) is 55.6 Å². The summed E-state index contributed by atoms with van der Waals surface area (Å²) >= 11 is 0. The number of methoxy groups -OCH3 is 1. The Kier molecular flexibility index (Phi) is 10.7. The maximum Gasteiger partial charge on any atom is 0.410 e. The lowest BCUT2D eigenvalue weighted by atomic mass is 10.2. The quantitative estimate of drug-likeness (QED) is 0.303. The Morgan fingerprint density at radius 1 is 1.23 bits per heavy atom. The second-order valence-electron chi connectivity index (χ2n) is 10.1. The Morgan fingerprint density at radius 2 is 2.05 bits per heavy atom. The number of hydrogen-bond donors (Lipinski definition) is 3. The summed E-state index contributed by atoms with van der Waals surface area (Å²) in [5.74, 6) is 7.71. The molecule has 1 atom stereocenters. The standard InChI is InChI=1S/C28H39N7O4/c1-6-14-30-24-20(19-32-26(34-24)33-21-13-16-29-23(18-21)38-5)11-8-7-9-15-31-25(36)22-12-10-17-35(22)27(37)39-28(2,3)4/h13,16,18-19,22H,6-7,9-10,12,14-15,17H2,1-5H3,(H,31,36)(H2,29,30,32,33,34)/t22-/m0/s1. The minimum absolute atomic E-state index is 0.152. The van der Waals surface area contributed by atoms with Crippen LogP contribution in [0.25, 0.3) is 0 Å². The number of unbranched alkanes of at least 4 members (excludes halogenated alkanes) is 1. The number of hydrogen-bond acceptors (Lipinski definition) is 9. The summed E-state index contributed by atoms with van der Waals surface area (Å²) in [6, 6.07) is 3.08. The van der Waals surface area contributed by atoms with Gasteiger partial charge in [-0.1, -0.05) is 18.8 Å². The zero-order valence-electron chi connectivity index (χ0n) is 23.5. The molecule has 11 nitrogen and oxygen atoms in total. The number of rotatable bonds is 10. The van der Waals surface area contributed by atoms with Crippen LogP contribution in [-0.2, 0) is 9.53 Å². The van der Waals surface area contributed by atoms with E-state index in [4.69, 9.17) is 9.47 Å². The molecule has 1 aliphatic heterocycles. The number of likely N-dealkylation sites (tertiary alicyclic amines) is 1. The van der Waals surface area contributed by atoms with Gasteiger partial charge in [0, 0.05) is 44.0 Å². The van der Waals surface area contributed by atoms with Crippen LogP contribution in [0, 0.1) is 11.8 Å². The first-order valence-electron chi connectivity index (χ1n) is 13.3. The van der Waals surface area contributed by atoms with Gasteiger partial charge in [0.05, 0.1) is 18.9 Å². The number of amides is 2. The fourth-order valence-electron chi connectivity index (χ4n) is 3.88. The molecule has 2 aromatic heterocycles. The summed E-state index contributed by atoms with van der Waals surface area (Å²) in [5, 5.41) is 9.40. The van der Waals surface area contributed by atoms with Crippen molar-refractivity contribution in [2.75, 3.05) is 37.4 Å². The molecule has 0 saturated carbocycles. The Morgan fingerprint density at radius 3 is 2.79 bits per heavy atom. The van der Waals surface area contributed by atoms with E-state index in [1.165, 1.54) is 4.90 Å². The molecule has 39 heavy (non-hydrogen) atoms. The SMILES string of the molecule is CCCNc1nc(Nc2ccnc(OC)c2)ncc1C#CCCCNC(=O)[C@@H]1CCCN1C(=O)OC(C)(C)C. The van der Waals surface area contributed by atoms with Gasteiger partial charge in [0.1, 0.15) is 17.5 Å². The summed E-state index contributed by atoms with van der Waals surface area (Å²) in [4.78, 5) is 39.7. The molecule has 1 fully saturated rings. The van der Waals surface area contributed by atoms with Crippen molar-refractivity contribution in [1.29, 1.82) is 0 Å². The minimum atomic E-state index is -0.596. The van der Waals surface area contributed by atoms with E-state index in [0.717, 1.165) is 25.1 Å². The first-order chi connectivity index (χ1) is 18.7. The van der Waals surface area contributed by atoms with Crippen LogP contribution in [0.5, 0.6) is 5.88 Å². The summed E-state index contributed by atoms with van der Waals surface area (Å²) < 4.78 is 10.6. The Balaban J connectivity index is 1.52. The van der Waals surface area contributed by atoms with E-state index in [-0.39, 0.29) is 5.91 Å². The van der Waals surface area contributed by atoms with Crippen LogP contribution >= 0.6 is 0 Å². The van der Waals surface area contributed by atoms with Crippen LogP contribution in [0.3, 0.4) is 0 Å². The third-order valence-electron chi connectivity index (χ3n) is 5.72. The van der Waals surface area contributed by atoms with Crippen LogP contribution in [-0.4, -0.2) is 70.2 Å². The largest absolute Gasteiger partial charge is 0.481 e. The molecule has 3 rings (SSSR count). The number of ether oxygens (including phenoxy) is 2. The van der Waals surface area contributed by atoms with Gasteiger partial charge in [0.2, 0.25) is 17.7 Å². The average molecular weight is 538 g/mol. The zero-order chi connectivity index (χ0) is 28.3. The lowest BCUT2D eigenvalue weighted by Gasteiger charge is -2.28. The monoisotopic (exact) mass is 537 g/mol. The molecular weight excluding hydrogens is 498 g/mol. The molecule has 3 N–H and O–H groups in total. The second kappa shape index (κ2) is 14.2. The fourth-order valence-corrected chi connectivity index (χ4v) is 3.88. The van der Waals surface area contributed by atoms with Gasteiger partial charge in [-0.05, 0) is 52.5 Å². The van der Waals surface area contributed by atoms with E-state index in [1.807, 2.05) is 20.8 Å². The number of nitrogens with zero attached hydrogens (tertiary/aromatic N) is 4. The molecule has 3 heterocycles. The van der Waals surface area contributed by atoms with Crippen LogP contribution in [0.2, 0.25) is 0 Å². The zero-order valence-corrected chi connectivity index (χ0v) is 23.5. The predicted molar refractivity (Wildman–Crippen MR) is 150 cm³/mol. The second-order valence-corrected chi connectivity index (χ2v) is 10.1. The molecule has 0 aromatic carbocycles. The van der Waals surface area contributed by atoms with E-state index < -0.39 is 17.7 Å². The Hall–Kier alpha value is -4.07. The van der Waals surface area contributed by atoms with Gasteiger partial charge in [0.25, 0.3) is 0 Å². The Labute approximate surface area is 230 Å². The highest BCUT2D eigenvalue weighted by Crippen LogP contribution is 2.21. The van der Waals surface area contributed by atoms with Crippen molar-refractivity contribution in [3.63, 3.8) is 0 Å². The van der Waals surface area contributed by atoms with E-state index in [9.17, 15) is 9.59 Å². The number of anilines is 3. The van der Waals surface area contributed by atoms with Crippen LogP contribution in [0.1, 0.15) is 65.4 Å². The van der Waals surface area contributed by atoms with Gasteiger partial charge >= 0.3 is 6.09 Å². The van der Waals surface area contributed by atoms with Gasteiger partial charge in [-0.25, -0.2) is 14.8 Å². The van der Waals surface area contributed by atoms with Crippen molar-refractivity contribution in [1.82, 2.24) is 25.2 Å². The van der Waals surface area contributed by atoms with Crippen molar-refractivity contribution < 1.29 is 19.1 Å². The first-order valence-corrected chi connectivity index (χ1v) is 13.3. The molecule has 0 unspecified atom stereocenters. The fraction of sp³-hybridized carbons (Fsp3) is 0.536. The Bertz CT molecular complexity index is 1190. The molecule has 0 aliphatic carbocycles. The highest BCUT2D eigenvalue weighted by atomic mass is 16.6. The van der Waals surface area contributed by atoms with Crippen molar-refractivity contribution in [2.45, 2.75) is 71.4 Å². The molecule has 0 radical (unpaired) electrons. The molecule has 11 heteroatoms. The molecule has 0 bridgehead atoms.